The number of aromatic nitrogens is 1. The van der Waals surface area contributed by atoms with Crippen LogP contribution in [0.3, 0.4) is 0 Å². The monoisotopic (exact) mass is 340 g/mol. The molecule has 2 rings (SSSR count). The van der Waals surface area contributed by atoms with Gasteiger partial charge in [-0.15, -0.1) is 11.3 Å². The first-order valence-electron chi connectivity index (χ1n) is 6.21. The van der Waals surface area contributed by atoms with Crippen molar-refractivity contribution in [3.05, 3.63) is 33.1 Å². The molecule has 2 aromatic rings. The Kier molecular flexibility index (Phi) is 4.96. The van der Waals surface area contributed by atoms with Crippen LogP contribution >= 0.6 is 27.3 Å². The van der Waals surface area contributed by atoms with E-state index in [4.69, 9.17) is 4.74 Å². The highest BCUT2D eigenvalue weighted by molar-refractivity contribution is 9.10. The summed E-state index contributed by atoms with van der Waals surface area (Å²) < 4.78 is 6.47. The van der Waals surface area contributed by atoms with Crippen LogP contribution < -0.4 is 10.1 Å². The molecule has 1 N–H and O–H groups in total. The van der Waals surface area contributed by atoms with Crippen molar-refractivity contribution in [1.29, 1.82) is 0 Å². The largest absolute Gasteiger partial charge is 0.493 e. The number of halogens is 1. The molecule has 3 nitrogen and oxygen atoms in total. The molecule has 19 heavy (non-hydrogen) atoms. The molecule has 0 radical (unpaired) electrons. The van der Waals surface area contributed by atoms with Crippen molar-refractivity contribution in [2.75, 3.05) is 13.7 Å². The van der Waals surface area contributed by atoms with Gasteiger partial charge < -0.3 is 10.1 Å². The maximum Gasteiger partial charge on any atom is 0.133 e. The fourth-order valence-corrected chi connectivity index (χ4v) is 3.06. The Morgan fingerprint density at radius 3 is 2.89 bits per heavy atom. The lowest BCUT2D eigenvalue weighted by Crippen LogP contribution is -2.11. The summed E-state index contributed by atoms with van der Waals surface area (Å²) in [6, 6.07) is 6.35. The van der Waals surface area contributed by atoms with Gasteiger partial charge in [-0.2, -0.15) is 0 Å². The average Bonchev–Trinajstić information content (AvgIpc) is 2.90. The van der Waals surface area contributed by atoms with Gasteiger partial charge in [0.25, 0.3) is 0 Å². The van der Waals surface area contributed by atoms with Crippen molar-refractivity contribution in [2.24, 2.45) is 0 Å². The van der Waals surface area contributed by atoms with E-state index in [0.717, 1.165) is 26.5 Å². The van der Waals surface area contributed by atoms with Crippen LogP contribution in [0.4, 0.5) is 0 Å². The molecule has 1 aromatic carbocycles. The van der Waals surface area contributed by atoms with Crippen LogP contribution in [0.1, 0.15) is 24.9 Å². The standard InChI is InChI=1S/C14H17BrN2OS/c1-4-18-13-6-5-10(7-11(13)15)12-8-19-14(17-12)9(2)16-3/h5-9,16H,4H2,1-3H3. The van der Waals surface area contributed by atoms with Crippen molar-refractivity contribution >= 4 is 27.3 Å². The van der Waals surface area contributed by atoms with Crippen LogP contribution in [0.25, 0.3) is 11.3 Å². The second kappa shape index (κ2) is 6.50. The third-order valence-electron chi connectivity index (χ3n) is 2.85. The van der Waals surface area contributed by atoms with Gasteiger partial charge in [-0.25, -0.2) is 4.98 Å². The molecule has 0 fully saturated rings. The predicted octanol–water partition coefficient (Wildman–Crippen LogP) is 4.25. The molecule has 1 unspecified atom stereocenters. The highest BCUT2D eigenvalue weighted by Gasteiger charge is 2.11. The minimum absolute atomic E-state index is 0.282. The smallest absolute Gasteiger partial charge is 0.133 e. The molecular weight excluding hydrogens is 324 g/mol. The van der Waals surface area contributed by atoms with E-state index in [1.165, 1.54) is 0 Å². The summed E-state index contributed by atoms with van der Waals surface area (Å²) in [5.41, 5.74) is 2.10. The van der Waals surface area contributed by atoms with Gasteiger partial charge in [-0.1, -0.05) is 0 Å². The van der Waals surface area contributed by atoms with Gasteiger partial charge in [0.15, 0.2) is 0 Å². The maximum atomic E-state index is 5.51. The lowest BCUT2D eigenvalue weighted by molar-refractivity contribution is 0.338. The van der Waals surface area contributed by atoms with E-state index in [0.29, 0.717) is 6.61 Å². The van der Waals surface area contributed by atoms with Gasteiger partial charge in [0.1, 0.15) is 10.8 Å². The van der Waals surface area contributed by atoms with Crippen LogP contribution in [0.2, 0.25) is 0 Å². The maximum absolute atomic E-state index is 5.51. The summed E-state index contributed by atoms with van der Waals surface area (Å²) in [6.45, 7) is 4.75. The zero-order chi connectivity index (χ0) is 13.8. The van der Waals surface area contributed by atoms with Gasteiger partial charge in [-0.3, -0.25) is 0 Å². The molecule has 0 bridgehead atoms. The molecule has 1 aromatic heterocycles. The van der Waals surface area contributed by atoms with Gasteiger partial charge >= 0.3 is 0 Å². The molecule has 1 heterocycles. The second-order valence-electron chi connectivity index (χ2n) is 4.16. The first-order chi connectivity index (χ1) is 9.15. The third kappa shape index (κ3) is 3.35. The van der Waals surface area contributed by atoms with Gasteiger partial charge in [0.2, 0.25) is 0 Å². The predicted molar refractivity (Wildman–Crippen MR) is 83.9 cm³/mol. The number of nitrogens with zero attached hydrogens (tertiary/aromatic N) is 1. The number of hydrogen-bond acceptors (Lipinski definition) is 4. The third-order valence-corrected chi connectivity index (χ3v) is 4.50. The lowest BCUT2D eigenvalue weighted by atomic mass is 10.2. The van der Waals surface area contributed by atoms with E-state index in [1.807, 2.05) is 32.2 Å². The molecule has 5 heteroatoms. The van der Waals surface area contributed by atoms with E-state index < -0.39 is 0 Å². The Morgan fingerprint density at radius 2 is 2.26 bits per heavy atom. The first-order valence-corrected chi connectivity index (χ1v) is 7.88. The van der Waals surface area contributed by atoms with Crippen LogP contribution in [-0.2, 0) is 0 Å². The van der Waals surface area contributed by atoms with Crippen LogP contribution in [0.15, 0.2) is 28.1 Å². The minimum Gasteiger partial charge on any atom is -0.493 e. The summed E-state index contributed by atoms with van der Waals surface area (Å²) in [5, 5.41) is 6.39. The SMILES string of the molecule is CCOc1ccc(-c2csc(C(C)NC)n2)cc1Br. The summed E-state index contributed by atoms with van der Waals surface area (Å²) >= 11 is 5.21. The Bertz CT molecular complexity index is 556. The molecule has 0 saturated carbocycles. The molecule has 0 aliphatic rings. The van der Waals surface area contributed by atoms with Crippen molar-refractivity contribution in [3.63, 3.8) is 0 Å². The molecule has 0 spiro atoms. The highest BCUT2D eigenvalue weighted by Crippen LogP contribution is 2.32. The normalized spacial score (nSPS) is 12.4. The summed E-state index contributed by atoms with van der Waals surface area (Å²) in [6.07, 6.45) is 0. The zero-order valence-corrected chi connectivity index (χ0v) is 13.6. The Hall–Kier alpha value is -0.910. The molecule has 0 amide bonds. The second-order valence-corrected chi connectivity index (χ2v) is 5.90. The highest BCUT2D eigenvalue weighted by atomic mass is 79.9. The Labute approximate surface area is 126 Å². The van der Waals surface area contributed by atoms with Crippen molar-refractivity contribution in [2.45, 2.75) is 19.9 Å². The van der Waals surface area contributed by atoms with Crippen LogP contribution in [-0.4, -0.2) is 18.6 Å². The molecule has 102 valence electrons. The number of ether oxygens (including phenoxy) is 1. The first kappa shape index (κ1) is 14.5. The van der Waals surface area contributed by atoms with Gasteiger partial charge in [0, 0.05) is 10.9 Å². The summed E-state index contributed by atoms with van der Waals surface area (Å²) in [7, 11) is 1.94. The Morgan fingerprint density at radius 1 is 1.47 bits per heavy atom. The van der Waals surface area contributed by atoms with E-state index in [-0.39, 0.29) is 6.04 Å². The van der Waals surface area contributed by atoms with Gasteiger partial charge in [-0.05, 0) is 55.0 Å². The number of hydrogen-bond donors (Lipinski definition) is 1. The number of benzene rings is 1. The minimum atomic E-state index is 0.282. The zero-order valence-electron chi connectivity index (χ0n) is 11.2. The average molecular weight is 341 g/mol. The molecule has 1 atom stereocenters. The lowest BCUT2D eigenvalue weighted by Gasteiger charge is -2.07. The summed E-state index contributed by atoms with van der Waals surface area (Å²) in [5.74, 6) is 0.866. The Balaban J connectivity index is 2.27. The molecule has 0 aliphatic heterocycles. The van der Waals surface area contributed by atoms with E-state index >= 15 is 0 Å². The van der Waals surface area contributed by atoms with Crippen molar-refractivity contribution in [1.82, 2.24) is 10.3 Å². The van der Waals surface area contributed by atoms with Crippen LogP contribution in [0, 0.1) is 0 Å². The van der Waals surface area contributed by atoms with E-state index in [9.17, 15) is 0 Å². The number of rotatable bonds is 5. The quantitative estimate of drug-likeness (QED) is 0.883. The van der Waals surface area contributed by atoms with E-state index in [1.54, 1.807) is 11.3 Å². The molecular formula is C14H17BrN2OS. The van der Waals surface area contributed by atoms with E-state index in [2.05, 4.69) is 38.5 Å². The number of nitrogens with one attached hydrogen (secondary N) is 1. The number of thiazole rings is 1. The van der Waals surface area contributed by atoms with Crippen LogP contribution in [0.5, 0.6) is 5.75 Å². The topological polar surface area (TPSA) is 34.1 Å². The van der Waals surface area contributed by atoms with Crippen molar-refractivity contribution < 1.29 is 4.74 Å². The fraction of sp³-hybridized carbons (Fsp3) is 0.357. The molecule has 0 aliphatic carbocycles. The van der Waals surface area contributed by atoms with Crippen molar-refractivity contribution in [3.8, 4) is 17.0 Å². The summed E-state index contributed by atoms with van der Waals surface area (Å²) in [4.78, 5) is 4.66. The fourth-order valence-electron chi connectivity index (χ4n) is 1.68. The van der Waals surface area contributed by atoms with Gasteiger partial charge in [0.05, 0.1) is 22.8 Å². The molecule has 0 saturated heterocycles.